The van der Waals surface area contributed by atoms with Crippen molar-refractivity contribution in [3.63, 3.8) is 0 Å². The van der Waals surface area contributed by atoms with E-state index in [0.29, 0.717) is 5.92 Å². The van der Waals surface area contributed by atoms with Gasteiger partial charge in [-0.2, -0.15) is 0 Å². The van der Waals surface area contributed by atoms with E-state index in [1.165, 1.54) is 5.56 Å². The van der Waals surface area contributed by atoms with Crippen LogP contribution in [0, 0.1) is 0 Å². The summed E-state index contributed by atoms with van der Waals surface area (Å²) in [5.41, 5.74) is 5.80. The molecule has 1 aromatic heterocycles. The lowest BCUT2D eigenvalue weighted by molar-refractivity contribution is -0.140. The zero-order chi connectivity index (χ0) is 25.1. The molecule has 1 atom stereocenters. The molecular formula is C31H32N2O3. The maximum atomic E-state index is 11.6. The molecule has 0 radical (unpaired) electrons. The topological polar surface area (TPSA) is 66.6 Å². The molecule has 0 aliphatic heterocycles. The molecule has 0 unspecified atom stereocenters. The molecular weight excluding hydrogens is 448 g/mol. The Balaban J connectivity index is 1.28. The maximum absolute atomic E-state index is 11.6. The van der Waals surface area contributed by atoms with Crippen molar-refractivity contribution in [1.82, 2.24) is 10.1 Å². The fourth-order valence-electron chi connectivity index (χ4n) is 4.98. The lowest BCUT2D eigenvalue weighted by Crippen LogP contribution is -2.27. The van der Waals surface area contributed by atoms with E-state index in [1.54, 1.807) is 0 Å². The number of rotatable bonds is 10. The number of nitrogens with zero attached hydrogens (tertiary/aromatic N) is 2. The van der Waals surface area contributed by atoms with E-state index in [4.69, 9.17) is 4.52 Å². The third-order valence-corrected chi connectivity index (χ3v) is 7.46. The van der Waals surface area contributed by atoms with E-state index in [1.807, 2.05) is 30.5 Å². The number of aliphatic carboxylic acids is 1. The molecule has 5 nitrogen and oxygen atoms in total. The van der Waals surface area contributed by atoms with Crippen LogP contribution in [0.4, 0.5) is 0 Å². The van der Waals surface area contributed by atoms with Crippen LogP contribution in [0.5, 0.6) is 0 Å². The summed E-state index contributed by atoms with van der Waals surface area (Å²) in [6.07, 6.45) is 3.26. The van der Waals surface area contributed by atoms with Gasteiger partial charge < -0.3 is 9.63 Å². The summed E-state index contributed by atoms with van der Waals surface area (Å²) in [6.45, 7) is 7.14. The van der Waals surface area contributed by atoms with E-state index in [0.717, 1.165) is 66.1 Å². The zero-order valence-electron chi connectivity index (χ0n) is 20.9. The van der Waals surface area contributed by atoms with Gasteiger partial charge in [-0.1, -0.05) is 97.9 Å². The number of hydrogen-bond acceptors (Lipinski definition) is 4. The summed E-state index contributed by atoms with van der Waals surface area (Å²) in [5, 5.41) is 13.6. The summed E-state index contributed by atoms with van der Waals surface area (Å²) in [5.74, 6) is 0.517. The van der Waals surface area contributed by atoms with E-state index < -0.39 is 11.4 Å². The lowest BCUT2D eigenvalue weighted by Gasteiger charge is -2.24. The molecule has 0 spiro atoms. The first-order chi connectivity index (χ1) is 17.5. The standard InChI is InChI=1S/C31H32N2O3/c1-3-33(20-22(2)23-7-5-4-6-8-23)21-27-19-32-36-29(27)26-11-9-24(10-12-26)25-13-15-28(16-14-25)31(17-18-31)30(34)35/h4-16,19,22H,3,17-18,20-21H2,1-2H3,(H,34,35)/t22-/m0/s1. The van der Waals surface area contributed by atoms with Crippen LogP contribution < -0.4 is 0 Å². The van der Waals surface area contributed by atoms with Gasteiger partial charge >= 0.3 is 5.97 Å². The second-order valence-electron chi connectivity index (χ2n) is 9.86. The molecule has 5 rings (SSSR count). The van der Waals surface area contributed by atoms with Crippen molar-refractivity contribution in [1.29, 1.82) is 0 Å². The number of hydrogen-bond donors (Lipinski definition) is 1. The second-order valence-corrected chi connectivity index (χ2v) is 9.86. The number of carboxylic acids is 1. The van der Waals surface area contributed by atoms with Crippen LogP contribution >= 0.6 is 0 Å². The Hall–Kier alpha value is -3.70. The van der Waals surface area contributed by atoms with Crippen molar-refractivity contribution in [3.8, 4) is 22.5 Å². The van der Waals surface area contributed by atoms with Crippen molar-refractivity contribution >= 4 is 5.97 Å². The fourth-order valence-corrected chi connectivity index (χ4v) is 4.98. The van der Waals surface area contributed by atoms with Crippen molar-refractivity contribution < 1.29 is 14.4 Å². The number of benzene rings is 3. The highest BCUT2D eigenvalue weighted by Gasteiger charge is 2.51. The third kappa shape index (κ3) is 4.84. The Kier molecular flexibility index (Phi) is 6.75. The van der Waals surface area contributed by atoms with Gasteiger partial charge in [0.2, 0.25) is 0 Å². The van der Waals surface area contributed by atoms with Gasteiger partial charge in [0.15, 0.2) is 5.76 Å². The van der Waals surface area contributed by atoms with E-state index in [-0.39, 0.29) is 0 Å². The van der Waals surface area contributed by atoms with Crippen LogP contribution in [0.2, 0.25) is 0 Å². The molecule has 5 heteroatoms. The molecule has 0 saturated heterocycles. The smallest absolute Gasteiger partial charge is 0.314 e. The Morgan fingerprint density at radius 1 is 0.972 bits per heavy atom. The molecule has 3 aromatic carbocycles. The second kappa shape index (κ2) is 10.1. The highest BCUT2D eigenvalue weighted by atomic mass is 16.5. The number of carbonyl (C=O) groups is 1. The molecule has 1 N–H and O–H groups in total. The van der Waals surface area contributed by atoms with Crippen LogP contribution in [-0.4, -0.2) is 34.2 Å². The van der Waals surface area contributed by atoms with Crippen molar-refractivity contribution in [3.05, 3.63) is 102 Å². The molecule has 1 saturated carbocycles. The first kappa shape index (κ1) is 24.0. The predicted octanol–water partition coefficient (Wildman–Crippen LogP) is 6.75. The Bertz CT molecular complexity index is 1310. The SMILES string of the molecule is CCN(Cc1cnoc1-c1ccc(-c2ccc(C3(C(=O)O)CC3)cc2)cc1)C[C@H](C)c1ccccc1. The van der Waals surface area contributed by atoms with Crippen molar-refractivity contribution in [2.24, 2.45) is 0 Å². The minimum atomic E-state index is -0.723. The number of carboxylic acid groups (broad SMARTS) is 1. The minimum Gasteiger partial charge on any atom is -0.481 e. The van der Waals surface area contributed by atoms with Gasteiger partial charge in [-0.15, -0.1) is 0 Å². The monoisotopic (exact) mass is 480 g/mol. The summed E-state index contributed by atoms with van der Waals surface area (Å²) < 4.78 is 5.68. The van der Waals surface area contributed by atoms with Crippen molar-refractivity contribution in [2.75, 3.05) is 13.1 Å². The first-order valence-electron chi connectivity index (χ1n) is 12.7. The zero-order valence-corrected chi connectivity index (χ0v) is 20.9. The summed E-state index contributed by atoms with van der Waals surface area (Å²) in [7, 11) is 0. The van der Waals surface area contributed by atoms with Crippen LogP contribution in [-0.2, 0) is 16.8 Å². The Labute approximate surface area is 212 Å². The van der Waals surface area contributed by atoms with Crippen LogP contribution in [0.15, 0.2) is 89.6 Å². The number of likely N-dealkylation sites (N-methyl/N-ethyl adjacent to an activating group) is 1. The Morgan fingerprint density at radius 3 is 2.17 bits per heavy atom. The highest BCUT2D eigenvalue weighted by Crippen LogP contribution is 2.48. The summed E-state index contributed by atoms with van der Waals surface area (Å²) >= 11 is 0. The van der Waals surface area contributed by atoms with Gasteiger partial charge in [-0.25, -0.2) is 0 Å². The average Bonchev–Trinajstić information content (AvgIpc) is 3.62. The van der Waals surface area contributed by atoms with Gasteiger partial charge in [0.05, 0.1) is 11.6 Å². The van der Waals surface area contributed by atoms with E-state index >= 15 is 0 Å². The number of aromatic nitrogens is 1. The van der Waals surface area contributed by atoms with Crippen LogP contribution in [0.1, 0.15) is 49.3 Å². The first-order valence-corrected chi connectivity index (χ1v) is 12.7. The lowest BCUT2D eigenvalue weighted by atomic mass is 9.93. The highest BCUT2D eigenvalue weighted by molar-refractivity contribution is 5.85. The molecule has 1 aliphatic rings. The predicted molar refractivity (Wildman–Crippen MR) is 142 cm³/mol. The largest absolute Gasteiger partial charge is 0.481 e. The van der Waals surface area contributed by atoms with Crippen LogP contribution in [0.25, 0.3) is 22.5 Å². The molecule has 1 heterocycles. The quantitative estimate of drug-likeness (QED) is 0.272. The fraction of sp³-hybridized carbons (Fsp3) is 0.290. The van der Waals surface area contributed by atoms with E-state index in [2.05, 4.69) is 78.5 Å². The molecule has 1 fully saturated rings. The normalized spacial score (nSPS) is 15.1. The minimum absolute atomic E-state index is 0.436. The summed E-state index contributed by atoms with van der Waals surface area (Å²) in [4.78, 5) is 14.0. The van der Waals surface area contributed by atoms with Gasteiger partial charge in [-0.05, 0) is 47.6 Å². The van der Waals surface area contributed by atoms with Gasteiger partial charge in [-0.3, -0.25) is 9.69 Å². The molecule has 184 valence electrons. The third-order valence-electron chi connectivity index (χ3n) is 7.46. The average molecular weight is 481 g/mol. The van der Waals surface area contributed by atoms with E-state index in [9.17, 15) is 9.90 Å². The van der Waals surface area contributed by atoms with Gasteiger partial charge in [0, 0.05) is 24.2 Å². The van der Waals surface area contributed by atoms with Gasteiger partial charge in [0.1, 0.15) is 0 Å². The summed E-state index contributed by atoms with van der Waals surface area (Å²) in [6, 6.07) is 26.8. The molecule has 0 bridgehead atoms. The Morgan fingerprint density at radius 2 is 1.58 bits per heavy atom. The van der Waals surface area contributed by atoms with Gasteiger partial charge in [0.25, 0.3) is 0 Å². The van der Waals surface area contributed by atoms with Crippen LogP contribution in [0.3, 0.4) is 0 Å². The molecule has 0 amide bonds. The molecule has 1 aliphatic carbocycles. The van der Waals surface area contributed by atoms with Crippen molar-refractivity contribution in [2.45, 2.75) is 44.6 Å². The molecule has 36 heavy (non-hydrogen) atoms. The maximum Gasteiger partial charge on any atom is 0.314 e. The molecule has 4 aromatic rings.